The highest BCUT2D eigenvalue weighted by atomic mass is 35.5. The molecule has 2 rings (SSSR count). The van der Waals surface area contributed by atoms with Crippen LogP contribution < -0.4 is 10.6 Å². The Morgan fingerprint density at radius 1 is 0.964 bits per heavy atom. The van der Waals surface area contributed by atoms with Crippen molar-refractivity contribution in [1.29, 1.82) is 0 Å². The van der Waals surface area contributed by atoms with E-state index in [1.165, 1.54) is 12.1 Å². The molecule has 0 spiro atoms. The molecular formula is C17H11Cl4F3N2O2. The zero-order chi connectivity index (χ0) is 21.1. The standard InChI is InChI=1S/C17H11Cl4F3N2O2/c18-10-4-2-1-3-9(10)15(27)26-16(28)25-12-7-11(19)8(13(20)14(12)21)5-6-17(22,23)24/h1-4,7H,5-6H2,(H2,25,26,27,28). The van der Waals surface area contributed by atoms with Crippen LogP contribution in [0.3, 0.4) is 0 Å². The van der Waals surface area contributed by atoms with Crippen molar-refractivity contribution in [3.05, 3.63) is 61.5 Å². The monoisotopic (exact) mass is 472 g/mol. The van der Waals surface area contributed by atoms with E-state index in [-0.39, 0.29) is 36.9 Å². The molecule has 0 aliphatic heterocycles. The number of rotatable bonds is 4. The van der Waals surface area contributed by atoms with Gasteiger partial charge in [0.05, 0.1) is 26.3 Å². The smallest absolute Gasteiger partial charge is 0.306 e. The molecule has 0 atom stereocenters. The molecule has 28 heavy (non-hydrogen) atoms. The van der Waals surface area contributed by atoms with Crippen molar-refractivity contribution in [2.24, 2.45) is 0 Å². The van der Waals surface area contributed by atoms with Crippen LogP contribution in [0.15, 0.2) is 30.3 Å². The van der Waals surface area contributed by atoms with Gasteiger partial charge in [0.15, 0.2) is 0 Å². The third-order valence-corrected chi connectivity index (χ3v) is 5.08. The molecule has 0 aliphatic rings. The van der Waals surface area contributed by atoms with E-state index in [0.29, 0.717) is 0 Å². The fraction of sp³-hybridized carbons (Fsp3) is 0.176. The second-order valence-corrected chi connectivity index (χ2v) is 7.09. The molecule has 0 saturated heterocycles. The lowest BCUT2D eigenvalue weighted by atomic mass is 10.1. The van der Waals surface area contributed by atoms with Crippen LogP contribution >= 0.6 is 46.4 Å². The molecule has 0 unspecified atom stereocenters. The second kappa shape index (κ2) is 9.22. The SMILES string of the molecule is O=C(NC(=O)c1ccccc1Cl)Nc1cc(Cl)c(CCC(F)(F)F)c(Cl)c1Cl. The number of nitrogens with one attached hydrogen (secondary N) is 2. The summed E-state index contributed by atoms with van der Waals surface area (Å²) in [5.41, 5.74) is 0.00428. The topological polar surface area (TPSA) is 58.2 Å². The van der Waals surface area contributed by atoms with Gasteiger partial charge in [0.1, 0.15) is 0 Å². The summed E-state index contributed by atoms with van der Waals surface area (Å²) < 4.78 is 37.3. The first-order valence-corrected chi connectivity index (χ1v) is 9.10. The number of carbonyl (C=O) groups is 2. The van der Waals surface area contributed by atoms with Crippen molar-refractivity contribution >= 4 is 64.0 Å². The van der Waals surface area contributed by atoms with E-state index >= 15 is 0 Å². The Labute approximate surface area is 177 Å². The van der Waals surface area contributed by atoms with Crippen molar-refractivity contribution in [3.63, 3.8) is 0 Å². The van der Waals surface area contributed by atoms with Crippen LogP contribution in [0.25, 0.3) is 0 Å². The van der Waals surface area contributed by atoms with Gasteiger partial charge < -0.3 is 5.32 Å². The highest BCUT2D eigenvalue weighted by Crippen LogP contribution is 2.39. The Kier molecular flexibility index (Phi) is 7.45. The van der Waals surface area contributed by atoms with Gasteiger partial charge in [-0.3, -0.25) is 10.1 Å². The Hall–Kier alpha value is -1.67. The van der Waals surface area contributed by atoms with Crippen molar-refractivity contribution in [2.75, 3.05) is 5.32 Å². The minimum Gasteiger partial charge on any atom is -0.306 e. The van der Waals surface area contributed by atoms with Gasteiger partial charge in [0, 0.05) is 11.4 Å². The van der Waals surface area contributed by atoms with Crippen LogP contribution in [0.2, 0.25) is 20.1 Å². The third kappa shape index (κ3) is 5.91. The molecular weight excluding hydrogens is 463 g/mol. The zero-order valence-corrected chi connectivity index (χ0v) is 16.8. The number of urea groups is 1. The summed E-state index contributed by atoms with van der Waals surface area (Å²) in [5, 5.41) is 3.94. The van der Waals surface area contributed by atoms with Crippen LogP contribution in [-0.2, 0) is 6.42 Å². The lowest BCUT2D eigenvalue weighted by molar-refractivity contribution is -0.133. The molecule has 0 aromatic heterocycles. The largest absolute Gasteiger partial charge is 0.389 e. The molecule has 11 heteroatoms. The number of alkyl halides is 3. The first-order valence-electron chi connectivity index (χ1n) is 7.59. The third-order valence-electron chi connectivity index (χ3n) is 3.51. The Bertz CT molecular complexity index is 920. The molecule has 2 aromatic rings. The maximum absolute atomic E-state index is 12.4. The Morgan fingerprint density at radius 2 is 1.61 bits per heavy atom. The van der Waals surface area contributed by atoms with Crippen LogP contribution in [0.1, 0.15) is 22.3 Å². The highest BCUT2D eigenvalue weighted by Gasteiger charge is 2.28. The maximum Gasteiger partial charge on any atom is 0.389 e. The summed E-state index contributed by atoms with van der Waals surface area (Å²) >= 11 is 23.9. The van der Waals surface area contributed by atoms with Crippen LogP contribution in [0.5, 0.6) is 0 Å². The molecule has 0 aliphatic carbocycles. The minimum absolute atomic E-state index is 0.00348. The molecule has 3 amide bonds. The van der Waals surface area contributed by atoms with Gasteiger partial charge in [-0.15, -0.1) is 0 Å². The summed E-state index contributed by atoms with van der Waals surface area (Å²) in [6, 6.07) is 6.27. The average molecular weight is 474 g/mol. The van der Waals surface area contributed by atoms with Crippen molar-refractivity contribution in [2.45, 2.75) is 19.0 Å². The van der Waals surface area contributed by atoms with Crippen LogP contribution in [0, 0.1) is 0 Å². The predicted molar refractivity (Wildman–Crippen MR) is 104 cm³/mol. The second-order valence-electron chi connectivity index (χ2n) is 5.52. The number of anilines is 1. The number of carbonyl (C=O) groups excluding carboxylic acids is 2. The average Bonchev–Trinajstić information content (AvgIpc) is 2.58. The summed E-state index contributed by atoms with van der Waals surface area (Å²) in [6.45, 7) is 0. The van der Waals surface area contributed by atoms with E-state index in [9.17, 15) is 22.8 Å². The van der Waals surface area contributed by atoms with Gasteiger partial charge in [-0.2, -0.15) is 13.2 Å². The molecule has 0 bridgehead atoms. The number of hydrogen-bond acceptors (Lipinski definition) is 2. The number of imide groups is 1. The Morgan fingerprint density at radius 3 is 2.21 bits per heavy atom. The molecule has 2 aromatic carbocycles. The number of hydrogen-bond donors (Lipinski definition) is 2. The van der Waals surface area contributed by atoms with Gasteiger partial charge in [0.2, 0.25) is 0 Å². The van der Waals surface area contributed by atoms with Crippen molar-refractivity contribution in [3.8, 4) is 0 Å². The highest BCUT2D eigenvalue weighted by molar-refractivity contribution is 6.46. The summed E-state index contributed by atoms with van der Waals surface area (Å²) in [5.74, 6) is -0.766. The first kappa shape index (κ1) is 22.6. The summed E-state index contributed by atoms with van der Waals surface area (Å²) in [6.07, 6.45) is -6.00. The van der Waals surface area contributed by atoms with E-state index in [4.69, 9.17) is 46.4 Å². The summed E-state index contributed by atoms with van der Waals surface area (Å²) in [4.78, 5) is 24.1. The van der Waals surface area contributed by atoms with E-state index in [1.54, 1.807) is 12.1 Å². The molecule has 0 fully saturated rings. The molecule has 4 nitrogen and oxygen atoms in total. The van der Waals surface area contributed by atoms with E-state index in [2.05, 4.69) is 5.32 Å². The van der Waals surface area contributed by atoms with Crippen molar-refractivity contribution in [1.82, 2.24) is 5.32 Å². The van der Waals surface area contributed by atoms with Crippen LogP contribution in [-0.4, -0.2) is 18.1 Å². The van der Waals surface area contributed by atoms with Gasteiger partial charge in [-0.25, -0.2) is 4.79 Å². The fourth-order valence-corrected chi connectivity index (χ4v) is 3.27. The van der Waals surface area contributed by atoms with E-state index in [1.807, 2.05) is 5.32 Å². The number of amides is 3. The normalized spacial score (nSPS) is 11.2. The Balaban J connectivity index is 2.14. The number of benzene rings is 2. The van der Waals surface area contributed by atoms with Crippen molar-refractivity contribution < 1.29 is 22.8 Å². The minimum atomic E-state index is -4.39. The molecule has 2 N–H and O–H groups in total. The lowest BCUT2D eigenvalue weighted by Crippen LogP contribution is -2.34. The molecule has 0 radical (unpaired) electrons. The quantitative estimate of drug-likeness (QED) is 0.482. The molecule has 150 valence electrons. The van der Waals surface area contributed by atoms with Gasteiger partial charge in [-0.05, 0) is 30.2 Å². The van der Waals surface area contributed by atoms with Gasteiger partial charge >= 0.3 is 12.2 Å². The lowest BCUT2D eigenvalue weighted by Gasteiger charge is -2.15. The van der Waals surface area contributed by atoms with Crippen LogP contribution in [0.4, 0.5) is 23.7 Å². The first-order chi connectivity index (χ1) is 13.0. The van der Waals surface area contributed by atoms with Gasteiger partial charge in [0.25, 0.3) is 5.91 Å². The molecule has 0 heterocycles. The zero-order valence-electron chi connectivity index (χ0n) is 13.8. The fourth-order valence-electron chi connectivity index (χ4n) is 2.19. The van der Waals surface area contributed by atoms with Gasteiger partial charge in [-0.1, -0.05) is 58.5 Å². The maximum atomic E-state index is 12.4. The number of halogens is 7. The van der Waals surface area contributed by atoms with E-state index < -0.39 is 31.0 Å². The molecule has 0 saturated carbocycles. The summed E-state index contributed by atoms with van der Waals surface area (Å²) in [7, 11) is 0. The van der Waals surface area contributed by atoms with E-state index in [0.717, 1.165) is 6.07 Å². The predicted octanol–water partition coefficient (Wildman–Crippen LogP) is 6.76.